The average Bonchev–Trinajstić information content (AvgIpc) is 2.86. The van der Waals surface area contributed by atoms with Gasteiger partial charge in [-0.3, -0.25) is 0 Å². The van der Waals surface area contributed by atoms with Crippen LogP contribution in [0.3, 0.4) is 0 Å². The topological polar surface area (TPSA) is 64.9 Å². The molecule has 2 N–H and O–H groups in total. The van der Waals surface area contributed by atoms with E-state index < -0.39 is 0 Å². The van der Waals surface area contributed by atoms with Crippen molar-refractivity contribution in [2.75, 3.05) is 6.54 Å². The summed E-state index contributed by atoms with van der Waals surface area (Å²) in [7, 11) is 0. The first-order chi connectivity index (χ1) is 9.00. The van der Waals surface area contributed by atoms with Crippen LogP contribution in [0, 0.1) is 0 Å². The molecule has 1 heterocycles. The van der Waals surface area contributed by atoms with Crippen molar-refractivity contribution in [1.29, 1.82) is 0 Å². The largest absolute Gasteiger partial charge is 0.424 e. The van der Waals surface area contributed by atoms with Crippen LogP contribution in [-0.4, -0.2) is 16.7 Å². The number of hydrogen-bond donors (Lipinski definition) is 1. The summed E-state index contributed by atoms with van der Waals surface area (Å²) < 4.78 is 5.77. The lowest BCUT2D eigenvalue weighted by Gasteiger charge is -2.13. The fourth-order valence-electron chi connectivity index (χ4n) is 1.87. The summed E-state index contributed by atoms with van der Waals surface area (Å²) in [6, 6.07) is 10.2. The fraction of sp³-hybridized carbons (Fsp3) is 0.467. The average molecular weight is 259 g/mol. The lowest BCUT2D eigenvalue weighted by atomic mass is 9.97. The molecule has 4 nitrogen and oxygen atoms in total. The van der Waals surface area contributed by atoms with Crippen LogP contribution in [0.25, 0.3) is 0 Å². The molecule has 0 radical (unpaired) electrons. The molecule has 0 aliphatic rings. The molecule has 0 aliphatic heterocycles. The Balaban J connectivity index is 2.16. The van der Waals surface area contributed by atoms with E-state index in [1.807, 2.05) is 18.2 Å². The predicted molar refractivity (Wildman–Crippen MR) is 74.9 cm³/mol. The Labute approximate surface area is 114 Å². The summed E-state index contributed by atoms with van der Waals surface area (Å²) in [4.78, 5) is 0. The lowest BCUT2D eigenvalue weighted by molar-refractivity contribution is 0.355. The summed E-state index contributed by atoms with van der Waals surface area (Å²) >= 11 is 0. The van der Waals surface area contributed by atoms with E-state index in [4.69, 9.17) is 10.2 Å². The van der Waals surface area contributed by atoms with Crippen molar-refractivity contribution in [3.63, 3.8) is 0 Å². The van der Waals surface area contributed by atoms with Gasteiger partial charge in [0.1, 0.15) is 0 Å². The van der Waals surface area contributed by atoms with E-state index >= 15 is 0 Å². The Morgan fingerprint density at radius 3 is 2.37 bits per heavy atom. The van der Waals surface area contributed by atoms with Crippen molar-refractivity contribution in [2.45, 2.75) is 38.5 Å². The second kappa shape index (κ2) is 5.53. The standard InChI is InChI=1S/C15H21N3O/c1-15(2,3)14-18-17-13(19-14)12(10-16)9-11-7-5-4-6-8-11/h4-8,12H,9-10,16H2,1-3H3. The van der Waals surface area contributed by atoms with Crippen molar-refractivity contribution >= 4 is 0 Å². The van der Waals surface area contributed by atoms with E-state index in [0.29, 0.717) is 18.3 Å². The number of nitrogens with zero attached hydrogens (tertiary/aromatic N) is 2. The smallest absolute Gasteiger partial charge is 0.221 e. The molecule has 0 bridgehead atoms. The fourth-order valence-corrected chi connectivity index (χ4v) is 1.87. The number of rotatable bonds is 4. The van der Waals surface area contributed by atoms with E-state index in [1.54, 1.807) is 0 Å². The predicted octanol–water partition coefficient (Wildman–Crippen LogP) is 2.65. The van der Waals surface area contributed by atoms with Crippen molar-refractivity contribution in [1.82, 2.24) is 10.2 Å². The lowest BCUT2D eigenvalue weighted by Crippen LogP contribution is -2.15. The van der Waals surface area contributed by atoms with Gasteiger partial charge in [-0.1, -0.05) is 51.1 Å². The van der Waals surface area contributed by atoms with Crippen LogP contribution in [-0.2, 0) is 11.8 Å². The Morgan fingerprint density at radius 2 is 1.84 bits per heavy atom. The monoisotopic (exact) mass is 259 g/mol. The number of hydrogen-bond acceptors (Lipinski definition) is 4. The summed E-state index contributed by atoms with van der Waals surface area (Å²) in [6.07, 6.45) is 0.823. The zero-order valence-electron chi connectivity index (χ0n) is 11.8. The van der Waals surface area contributed by atoms with Crippen LogP contribution in [0.5, 0.6) is 0 Å². The number of benzene rings is 1. The Hall–Kier alpha value is -1.68. The SMILES string of the molecule is CC(C)(C)c1nnc(C(CN)Cc2ccccc2)o1. The molecule has 1 aromatic carbocycles. The third-order valence-electron chi connectivity index (χ3n) is 3.04. The summed E-state index contributed by atoms with van der Waals surface area (Å²) in [5.41, 5.74) is 6.95. The van der Waals surface area contributed by atoms with Crippen molar-refractivity contribution < 1.29 is 4.42 Å². The zero-order valence-corrected chi connectivity index (χ0v) is 11.8. The van der Waals surface area contributed by atoms with E-state index in [1.165, 1.54) is 5.56 Å². The highest BCUT2D eigenvalue weighted by Crippen LogP contribution is 2.24. The van der Waals surface area contributed by atoms with E-state index in [0.717, 1.165) is 6.42 Å². The second-order valence-corrected chi connectivity index (χ2v) is 5.82. The van der Waals surface area contributed by atoms with Gasteiger partial charge in [0, 0.05) is 12.0 Å². The molecule has 0 saturated heterocycles. The van der Waals surface area contributed by atoms with Crippen molar-refractivity contribution in [3.05, 3.63) is 47.7 Å². The molecule has 19 heavy (non-hydrogen) atoms. The molecule has 0 spiro atoms. The van der Waals surface area contributed by atoms with Gasteiger partial charge in [0.15, 0.2) is 0 Å². The first kappa shape index (κ1) is 13.7. The van der Waals surface area contributed by atoms with E-state index in [9.17, 15) is 0 Å². The Bertz CT molecular complexity index is 514. The molecule has 1 atom stereocenters. The van der Waals surface area contributed by atoms with Crippen LogP contribution in [0.4, 0.5) is 0 Å². The molecule has 0 aliphatic carbocycles. The maximum Gasteiger partial charge on any atom is 0.221 e. The van der Waals surface area contributed by atoms with E-state index in [-0.39, 0.29) is 11.3 Å². The molecular weight excluding hydrogens is 238 g/mol. The number of aromatic nitrogens is 2. The van der Waals surface area contributed by atoms with Gasteiger partial charge in [-0.05, 0) is 12.0 Å². The minimum Gasteiger partial charge on any atom is -0.424 e. The molecular formula is C15H21N3O. The molecule has 4 heteroatoms. The molecule has 1 aromatic heterocycles. The van der Waals surface area contributed by atoms with Gasteiger partial charge in [0.25, 0.3) is 0 Å². The van der Waals surface area contributed by atoms with Gasteiger partial charge in [-0.2, -0.15) is 0 Å². The molecule has 102 valence electrons. The highest BCUT2D eigenvalue weighted by Gasteiger charge is 2.24. The highest BCUT2D eigenvalue weighted by atomic mass is 16.4. The summed E-state index contributed by atoms with van der Waals surface area (Å²) in [5, 5.41) is 8.28. The van der Waals surface area contributed by atoms with E-state index in [2.05, 4.69) is 43.1 Å². The van der Waals surface area contributed by atoms with Crippen LogP contribution in [0.1, 0.15) is 44.0 Å². The highest BCUT2D eigenvalue weighted by molar-refractivity contribution is 5.17. The van der Waals surface area contributed by atoms with Crippen LogP contribution >= 0.6 is 0 Å². The quantitative estimate of drug-likeness (QED) is 0.916. The Kier molecular flexibility index (Phi) is 4.00. The maximum atomic E-state index is 5.84. The molecule has 0 saturated carbocycles. The summed E-state index contributed by atoms with van der Waals surface area (Å²) in [5.74, 6) is 1.37. The first-order valence-electron chi connectivity index (χ1n) is 6.58. The Morgan fingerprint density at radius 1 is 1.16 bits per heavy atom. The van der Waals surface area contributed by atoms with Gasteiger partial charge in [-0.15, -0.1) is 10.2 Å². The van der Waals surface area contributed by atoms with Crippen molar-refractivity contribution in [3.8, 4) is 0 Å². The molecule has 2 rings (SSSR count). The minimum absolute atomic E-state index is 0.0750. The molecule has 2 aromatic rings. The molecule has 0 amide bonds. The van der Waals surface area contributed by atoms with Gasteiger partial charge >= 0.3 is 0 Å². The van der Waals surface area contributed by atoms with Crippen LogP contribution < -0.4 is 5.73 Å². The molecule has 0 fully saturated rings. The van der Waals surface area contributed by atoms with Gasteiger partial charge in [0.05, 0.1) is 5.92 Å². The van der Waals surface area contributed by atoms with Gasteiger partial charge < -0.3 is 10.2 Å². The first-order valence-corrected chi connectivity index (χ1v) is 6.58. The minimum atomic E-state index is -0.128. The second-order valence-electron chi connectivity index (χ2n) is 5.82. The zero-order chi connectivity index (χ0) is 13.9. The molecule has 1 unspecified atom stereocenters. The van der Waals surface area contributed by atoms with Crippen LogP contribution in [0.2, 0.25) is 0 Å². The maximum absolute atomic E-state index is 5.84. The number of nitrogens with two attached hydrogens (primary N) is 1. The third-order valence-corrected chi connectivity index (χ3v) is 3.04. The van der Waals surface area contributed by atoms with Crippen LogP contribution in [0.15, 0.2) is 34.7 Å². The van der Waals surface area contributed by atoms with Gasteiger partial charge in [-0.25, -0.2) is 0 Å². The van der Waals surface area contributed by atoms with Crippen molar-refractivity contribution in [2.24, 2.45) is 5.73 Å². The van der Waals surface area contributed by atoms with Gasteiger partial charge in [0.2, 0.25) is 11.8 Å². The summed E-state index contributed by atoms with van der Waals surface area (Å²) in [6.45, 7) is 6.66. The third kappa shape index (κ3) is 3.41. The normalized spacial score (nSPS) is 13.5.